The van der Waals surface area contributed by atoms with Crippen LogP contribution in [0.2, 0.25) is 0 Å². The van der Waals surface area contributed by atoms with Gasteiger partial charge in [0.1, 0.15) is 12.1 Å². The van der Waals surface area contributed by atoms with E-state index in [1.807, 2.05) is 41.5 Å². The molecular weight excluding hydrogens is 176 g/mol. The molecule has 2 unspecified atom stereocenters. The molecule has 0 aromatic rings. The van der Waals surface area contributed by atoms with Gasteiger partial charge in [-0.15, -0.1) is 0 Å². The number of hydrogen-bond donors (Lipinski definition) is 0. The molecule has 0 fully saturated rings. The first-order valence-electron chi connectivity index (χ1n) is 5.24. The number of carbonyl (C=O) groups is 2. The molecule has 0 amide bonds. The van der Waals surface area contributed by atoms with Crippen molar-refractivity contribution in [2.24, 2.45) is 23.2 Å². The fraction of sp³-hybridized carbons (Fsp3) is 0.833. The SMILES string of the molecule is CC(C)C(C)C(=O)C(C)C(C)(C)C=O. The van der Waals surface area contributed by atoms with Crippen LogP contribution in [0, 0.1) is 23.2 Å². The van der Waals surface area contributed by atoms with Gasteiger partial charge in [-0.1, -0.05) is 41.5 Å². The van der Waals surface area contributed by atoms with Gasteiger partial charge in [0.25, 0.3) is 0 Å². The molecule has 0 aliphatic carbocycles. The van der Waals surface area contributed by atoms with Crippen molar-refractivity contribution in [2.45, 2.75) is 41.5 Å². The van der Waals surface area contributed by atoms with Crippen molar-refractivity contribution in [3.8, 4) is 0 Å². The van der Waals surface area contributed by atoms with Gasteiger partial charge in [0.05, 0.1) is 0 Å². The van der Waals surface area contributed by atoms with Crippen molar-refractivity contribution in [3.63, 3.8) is 0 Å². The zero-order valence-corrected chi connectivity index (χ0v) is 10.1. The van der Waals surface area contributed by atoms with Crippen LogP contribution >= 0.6 is 0 Å². The van der Waals surface area contributed by atoms with Crippen LogP contribution in [-0.4, -0.2) is 12.1 Å². The third kappa shape index (κ3) is 2.93. The quantitative estimate of drug-likeness (QED) is 0.636. The summed E-state index contributed by atoms with van der Waals surface area (Å²) in [5.74, 6) is 0.367. The Bertz CT molecular complexity index is 216. The lowest BCUT2D eigenvalue weighted by atomic mass is 9.74. The van der Waals surface area contributed by atoms with Crippen LogP contribution in [0.1, 0.15) is 41.5 Å². The molecule has 0 spiro atoms. The van der Waals surface area contributed by atoms with E-state index in [0.29, 0.717) is 5.92 Å². The van der Waals surface area contributed by atoms with Crippen molar-refractivity contribution in [1.29, 1.82) is 0 Å². The lowest BCUT2D eigenvalue weighted by Crippen LogP contribution is -2.34. The highest BCUT2D eigenvalue weighted by molar-refractivity contribution is 5.86. The van der Waals surface area contributed by atoms with Crippen molar-refractivity contribution in [2.75, 3.05) is 0 Å². The second kappa shape index (κ2) is 4.72. The molecule has 0 heterocycles. The summed E-state index contributed by atoms with van der Waals surface area (Å²) >= 11 is 0. The summed E-state index contributed by atoms with van der Waals surface area (Å²) in [6.45, 7) is 11.5. The highest BCUT2D eigenvalue weighted by Crippen LogP contribution is 2.28. The summed E-state index contributed by atoms with van der Waals surface area (Å²) in [5.41, 5.74) is -0.541. The maximum Gasteiger partial charge on any atom is 0.139 e. The van der Waals surface area contributed by atoms with E-state index in [1.165, 1.54) is 0 Å². The highest BCUT2D eigenvalue weighted by atomic mass is 16.1. The van der Waals surface area contributed by atoms with E-state index in [-0.39, 0.29) is 17.6 Å². The van der Waals surface area contributed by atoms with Gasteiger partial charge < -0.3 is 4.79 Å². The number of carbonyl (C=O) groups excluding carboxylic acids is 2. The molecule has 82 valence electrons. The summed E-state index contributed by atoms with van der Waals surface area (Å²) in [6.07, 6.45) is 0.878. The molecule has 0 aliphatic heterocycles. The van der Waals surface area contributed by atoms with Crippen LogP contribution in [0.4, 0.5) is 0 Å². The molecule has 2 nitrogen and oxygen atoms in total. The van der Waals surface area contributed by atoms with E-state index in [4.69, 9.17) is 0 Å². The largest absolute Gasteiger partial charge is 0.303 e. The number of Topliss-reactive ketones (excluding diaryl/α,β-unsaturated/α-hetero) is 1. The van der Waals surface area contributed by atoms with Crippen LogP contribution in [-0.2, 0) is 9.59 Å². The second-order valence-electron chi connectivity index (χ2n) is 5.10. The van der Waals surface area contributed by atoms with E-state index in [1.54, 1.807) is 0 Å². The van der Waals surface area contributed by atoms with Crippen molar-refractivity contribution < 1.29 is 9.59 Å². The topological polar surface area (TPSA) is 34.1 Å². The Morgan fingerprint density at radius 2 is 1.57 bits per heavy atom. The molecule has 0 N–H and O–H groups in total. The van der Waals surface area contributed by atoms with Crippen molar-refractivity contribution >= 4 is 12.1 Å². The fourth-order valence-electron chi connectivity index (χ4n) is 1.19. The Balaban J connectivity index is 4.63. The Morgan fingerprint density at radius 3 is 1.86 bits per heavy atom. The van der Waals surface area contributed by atoms with Gasteiger partial charge in [-0.25, -0.2) is 0 Å². The third-order valence-corrected chi connectivity index (χ3v) is 3.30. The minimum absolute atomic E-state index is 0.0317. The van der Waals surface area contributed by atoms with Gasteiger partial charge in [-0.05, 0) is 5.92 Å². The van der Waals surface area contributed by atoms with Gasteiger partial charge in [0, 0.05) is 17.3 Å². The molecule has 0 rings (SSSR count). The van der Waals surface area contributed by atoms with Crippen LogP contribution < -0.4 is 0 Å². The second-order valence-corrected chi connectivity index (χ2v) is 5.10. The zero-order chi connectivity index (χ0) is 11.5. The van der Waals surface area contributed by atoms with Crippen molar-refractivity contribution in [3.05, 3.63) is 0 Å². The van der Waals surface area contributed by atoms with E-state index in [2.05, 4.69) is 0 Å². The first-order chi connectivity index (χ1) is 6.24. The van der Waals surface area contributed by atoms with Gasteiger partial charge in [-0.3, -0.25) is 4.79 Å². The minimum Gasteiger partial charge on any atom is -0.303 e. The highest BCUT2D eigenvalue weighted by Gasteiger charge is 2.33. The Kier molecular flexibility index (Phi) is 4.50. The maximum atomic E-state index is 11.9. The molecule has 0 saturated heterocycles. The molecule has 0 aromatic carbocycles. The van der Waals surface area contributed by atoms with Gasteiger partial charge in [0.2, 0.25) is 0 Å². The average Bonchev–Trinajstić information content (AvgIpc) is 2.14. The molecule has 2 atom stereocenters. The first-order valence-corrected chi connectivity index (χ1v) is 5.24. The monoisotopic (exact) mass is 198 g/mol. The molecule has 0 aliphatic rings. The smallest absolute Gasteiger partial charge is 0.139 e. The van der Waals surface area contributed by atoms with Crippen molar-refractivity contribution in [1.82, 2.24) is 0 Å². The summed E-state index contributed by atoms with van der Waals surface area (Å²) in [5, 5.41) is 0. The summed E-state index contributed by atoms with van der Waals surface area (Å²) in [7, 11) is 0. The number of ketones is 1. The number of aldehydes is 1. The molecular formula is C12H22O2. The van der Waals surface area contributed by atoms with Gasteiger partial charge >= 0.3 is 0 Å². The van der Waals surface area contributed by atoms with E-state index in [9.17, 15) is 9.59 Å². The van der Waals surface area contributed by atoms with Crippen LogP contribution in [0.3, 0.4) is 0 Å². The zero-order valence-electron chi connectivity index (χ0n) is 10.1. The summed E-state index contributed by atoms with van der Waals surface area (Å²) < 4.78 is 0. The van der Waals surface area contributed by atoms with Crippen LogP contribution in [0.5, 0.6) is 0 Å². The number of rotatable bonds is 5. The Morgan fingerprint density at radius 1 is 1.14 bits per heavy atom. The normalized spacial score (nSPS) is 16.5. The third-order valence-electron chi connectivity index (χ3n) is 3.30. The average molecular weight is 198 g/mol. The molecule has 0 radical (unpaired) electrons. The van der Waals surface area contributed by atoms with E-state index in [0.717, 1.165) is 6.29 Å². The lowest BCUT2D eigenvalue weighted by molar-refractivity contribution is -0.134. The molecule has 0 bridgehead atoms. The minimum atomic E-state index is -0.541. The predicted octanol–water partition coefficient (Wildman–Crippen LogP) is 2.71. The van der Waals surface area contributed by atoms with Crippen LogP contribution in [0.25, 0.3) is 0 Å². The van der Waals surface area contributed by atoms with E-state index >= 15 is 0 Å². The van der Waals surface area contributed by atoms with Crippen LogP contribution in [0.15, 0.2) is 0 Å². The summed E-state index contributed by atoms with van der Waals surface area (Å²) in [6, 6.07) is 0. The molecule has 0 saturated carbocycles. The maximum absolute atomic E-state index is 11.9. The first kappa shape index (κ1) is 13.3. The number of hydrogen-bond acceptors (Lipinski definition) is 2. The molecule has 14 heavy (non-hydrogen) atoms. The fourth-order valence-corrected chi connectivity index (χ4v) is 1.19. The summed E-state index contributed by atoms with van der Waals surface area (Å²) in [4.78, 5) is 22.7. The van der Waals surface area contributed by atoms with Gasteiger partial charge in [0.15, 0.2) is 0 Å². The predicted molar refractivity (Wildman–Crippen MR) is 58.0 cm³/mol. The standard InChI is InChI=1S/C12H22O2/c1-8(2)9(3)11(14)10(4)12(5,6)7-13/h7-10H,1-6H3. The van der Waals surface area contributed by atoms with Gasteiger partial charge in [-0.2, -0.15) is 0 Å². The lowest BCUT2D eigenvalue weighted by Gasteiger charge is -2.28. The Labute approximate surface area is 87.1 Å². The molecule has 0 aromatic heterocycles. The van der Waals surface area contributed by atoms with E-state index < -0.39 is 5.41 Å². The Hall–Kier alpha value is -0.660. The molecule has 2 heteroatoms.